The largest absolute Gasteiger partial charge is 0.370 e. The number of halogens is 2. The van der Waals surface area contributed by atoms with Crippen molar-refractivity contribution in [3.05, 3.63) is 35.2 Å². The fourth-order valence-corrected chi connectivity index (χ4v) is 2.91. The van der Waals surface area contributed by atoms with Gasteiger partial charge in [0.2, 0.25) is 11.7 Å². The first-order valence-corrected chi connectivity index (χ1v) is 8.23. The Kier molecular flexibility index (Phi) is 7.29. The lowest BCUT2D eigenvalue weighted by atomic mass is 9.96. The molecule has 1 aliphatic rings. The van der Waals surface area contributed by atoms with Crippen LogP contribution in [0.15, 0.2) is 33.8 Å². The van der Waals surface area contributed by atoms with Gasteiger partial charge in [0, 0.05) is 16.6 Å². The van der Waals surface area contributed by atoms with Gasteiger partial charge >= 0.3 is 0 Å². The van der Waals surface area contributed by atoms with Crippen molar-refractivity contribution in [1.29, 1.82) is 0 Å². The minimum absolute atomic E-state index is 0. The first-order valence-electron chi connectivity index (χ1n) is 7.86. The molecule has 130 valence electrons. The van der Waals surface area contributed by atoms with Gasteiger partial charge in [-0.1, -0.05) is 48.2 Å². The Morgan fingerprint density at radius 2 is 2.12 bits per heavy atom. The molecule has 0 aliphatic heterocycles. The lowest BCUT2D eigenvalue weighted by Gasteiger charge is -2.22. The van der Waals surface area contributed by atoms with Crippen molar-refractivity contribution in [2.24, 2.45) is 10.7 Å². The second kappa shape index (κ2) is 9.22. The lowest BCUT2D eigenvalue weighted by Crippen LogP contribution is -2.41. The molecule has 1 aromatic heterocycles. The van der Waals surface area contributed by atoms with E-state index < -0.39 is 0 Å². The number of aromatic nitrogens is 2. The molecule has 1 saturated carbocycles. The van der Waals surface area contributed by atoms with Crippen LogP contribution in [-0.2, 0) is 6.54 Å². The topological polar surface area (TPSA) is 89.3 Å². The smallest absolute Gasteiger partial charge is 0.248 e. The Morgan fingerprint density at radius 1 is 1.33 bits per heavy atom. The Bertz CT molecular complexity index is 685. The van der Waals surface area contributed by atoms with Gasteiger partial charge in [0.25, 0.3) is 0 Å². The number of benzene rings is 1. The molecular formula is C16H21ClIN5O. The molecule has 24 heavy (non-hydrogen) atoms. The molecule has 2 aromatic rings. The number of nitrogens with one attached hydrogen (secondary N) is 1. The van der Waals surface area contributed by atoms with E-state index in [4.69, 9.17) is 21.9 Å². The zero-order valence-electron chi connectivity index (χ0n) is 13.2. The van der Waals surface area contributed by atoms with Crippen LogP contribution in [0.25, 0.3) is 11.4 Å². The van der Waals surface area contributed by atoms with Crippen LogP contribution in [0.1, 0.15) is 38.0 Å². The van der Waals surface area contributed by atoms with E-state index in [2.05, 4.69) is 20.4 Å². The van der Waals surface area contributed by atoms with Gasteiger partial charge in [-0.2, -0.15) is 4.98 Å². The van der Waals surface area contributed by atoms with E-state index in [0.29, 0.717) is 28.7 Å². The van der Waals surface area contributed by atoms with Crippen LogP contribution < -0.4 is 11.1 Å². The van der Waals surface area contributed by atoms with Crippen LogP contribution in [0, 0.1) is 0 Å². The van der Waals surface area contributed by atoms with Gasteiger partial charge in [0.1, 0.15) is 6.54 Å². The summed E-state index contributed by atoms with van der Waals surface area (Å²) in [5, 5.41) is 7.83. The summed E-state index contributed by atoms with van der Waals surface area (Å²) in [6.07, 6.45) is 6.10. The first kappa shape index (κ1) is 19.0. The summed E-state index contributed by atoms with van der Waals surface area (Å²) in [6.45, 7) is 0.263. The van der Waals surface area contributed by atoms with Crippen LogP contribution in [0.5, 0.6) is 0 Å². The van der Waals surface area contributed by atoms with Gasteiger partial charge in [0.05, 0.1) is 0 Å². The van der Waals surface area contributed by atoms with Crippen molar-refractivity contribution >= 4 is 41.5 Å². The fraction of sp³-hybridized carbons (Fsp3) is 0.438. The fourth-order valence-electron chi connectivity index (χ4n) is 2.72. The molecule has 1 heterocycles. The third kappa shape index (κ3) is 5.34. The van der Waals surface area contributed by atoms with Gasteiger partial charge in [-0.25, -0.2) is 4.99 Å². The molecule has 0 spiro atoms. The SMILES string of the molecule is I.NC(=NCc1nc(-c2cccc(Cl)c2)no1)NC1CCCCC1. The maximum absolute atomic E-state index is 5.96. The second-order valence-electron chi connectivity index (χ2n) is 5.70. The van der Waals surface area contributed by atoms with E-state index in [1.807, 2.05) is 12.1 Å². The third-order valence-electron chi connectivity index (χ3n) is 3.89. The number of nitrogens with two attached hydrogens (primary N) is 1. The highest BCUT2D eigenvalue weighted by atomic mass is 127. The van der Waals surface area contributed by atoms with Crippen LogP contribution >= 0.6 is 35.6 Å². The average Bonchev–Trinajstić information content (AvgIpc) is 3.03. The molecule has 1 aliphatic carbocycles. The van der Waals surface area contributed by atoms with Crippen molar-refractivity contribution in [1.82, 2.24) is 15.5 Å². The number of rotatable bonds is 4. The second-order valence-corrected chi connectivity index (χ2v) is 6.14. The maximum Gasteiger partial charge on any atom is 0.248 e. The van der Waals surface area contributed by atoms with Gasteiger partial charge in [-0.15, -0.1) is 24.0 Å². The van der Waals surface area contributed by atoms with Crippen molar-refractivity contribution in [3.63, 3.8) is 0 Å². The highest BCUT2D eigenvalue weighted by molar-refractivity contribution is 14.0. The number of aliphatic imine (C=N–C) groups is 1. The van der Waals surface area contributed by atoms with E-state index in [0.717, 1.165) is 18.4 Å². The molecule has 3 rings (SSSR count). The van der Waals surface area contributed by atoms with Crippen molar-refractivity contribution in [3.8, 4) is 11.4 Å². The van der Waals surface area contributed by atoms with Gasteiger partial charge in [-0.05, 0) is 25.0 Å². The summed E-state index contributed by atoms with van der Waals surface area (Å²) >= 11 is 5.96. The van der Waals surface area contributed by atoms with Crippen LogP contribution in [0.2, 0.25) is 5.02 Å². The van der Waals surface area contributed by atoms with Crippen LogP contribution in [0.4, 0.5) is 0 Å². The minimum Gasteiger partial charge on any atom is -0.370 e. The molecule has 0 radical (unpaired) electrons. The first-order chi connectivity index (χ1) is 11.2. The van der Waals surface area contributed by atoms with Gasteiger partial charge < -0.3 is 15.6 Å². The van der Waals surface area contributed by atoms with Crippen molar-refractivity contribution in [2.45, 2.75) is 44.7 Å². The van der Waals surface area contributed by atoms with Gasteiger partial charge in [-0.3, -0.25) is 0 Å². The number of guanidine groups is 1. The minimum atomic E-state index is 0. The standard InChI is InChI=1S/C16H20ClN5O.HI/c17-12-6-4-5-11(9-12)15-21-14(23-22-15)10-19-16(18)20-13-7-2-1-3-8-13;/h4-6,9,13H,1-3,7-8,10H2,(H3,18,19,20);1H. The third-order valence-corrected chi connectivity index (χ3v) is 4.13. The van der Waals surface area contributed by atoms with Crippen LogP contribution in [0.3, 0.4) is 0 Å². The summed E-state index contributed by atoms with van der Waals surface area (Å²) < 4.78 is 5.20. The summed E-state index contributed by atoms with van der Waals surface area (Å²) in [4.78, 5) is 8.59. The Hall–Kier alpha value is -1.35. The molecule has 0 atom stereocenters. The molecule has 3 N–H and O–H groups in total. The van der Waals surface area contributed by atoms with Crippen LogP contribution in [-0.4, -0.2) is 22.1 Å². The molecule has 0 bridgehead atoms. The van der Waals surface area contributed by atoms with E-state index in [1.165, 1.54) is 19.3 Å². The maximum atomic E-state index is 5.96. The molecule has 0 unspecified atom stereocenters. The predicted octanol–water partition coefficient (Wildman–Crippen LogP) is 3.75. The molecule has 1 aromatic carbocycles. The zero-order chi connectivity index (χ0) is 16.1. The summed E-state index contributed by atoms with van der Waals surface area (Å²) in [6, 6.07) is 7.74. The monoisotopic (exact) mass is 461 g/mol. The number of hydrogen-bond acceptors (Lipinski definition) is 4. The average molecular weight is 462 g/mol. The molecule has 6 nitrogen and oxygen atoms in total. The zero-order valence-corrected chi connectivity index (χ0v) is 16.3. The molecule has 1 fully saturated rings. The summed E-state index contributed by atoms with van der Waals surface area (Å²) in [5.41, 5.74) is 6.73. The highest BCUT2D eigenvalue weighted by Gasteiger charge is 2.14. The Balaban J connectivity index is 0.00000208. The molecular weight excluding hydrogens is 441 g/mol. The van der Waals surface area contributed by atoms with Crippen molar-refractivity contribution in [2.75, 3.05) is 0 Å². The van der Waals surface area contributed by atoms with E-state index in [-0.39, 0.29) is 30.5 Å². The molecule has 0 saturated heterocycles. The normalized spacial score (nSPS) is 15.8. The lowest BCUT2D eigenvalue weighted by molar-refractivity contribution is 0.380. The predicted molar refractivity (Wildman–Crippen MR) is 105 cm³/mol. The Morgan fingerprint density at radius 3 is 2.88 bits per heavy atom. The number of nitrogens with zero attached hydrogens (tertiary/aromatic N) is 3. The Labute approximate surface area is 163 Å². The van der Waals surface area contributed by atoms with E-state index >= 15 is 0 Å². The molecule has 8 heteroatoms. The van der Waals surface area contributed by atoms with E-state index in [9.17, 15) is 0 Å². The van der Waals surface area contributed by atoms with Gasteiger partial charge in [0.15, 0.2) is 5.96 Å². The summed E-state index contributed by atoms with van der Waals surface area (Å²) in [5.74, 6) is 1.35. The van der Waals surface area contributed by atoms with Crippen molar-refractivity contribution < 1.29 is 4.52 Å². The quantitative estimate of drug-likeness (QED) is 0.411. The number of hydrogen-bond donors (Lipinski definition) is 2. The summed E-state index contributed by atoms with van der Waals surface area (Å²) in [7, 11) is 0. The molecule has 0 amide bonds. The van der Waals surface area contributed by atoms with E-state index in [1.54, 1.807) is 12.1 Å². The highest BCUT2D eigenvalue weighted by Crippen LogP contribution is 2.20.